The average Bonchev–Trinajstić information content (AvgIpc) is 2.83. The summed E-state index contributed by atoms with van der Waals surface area (Å²) in [6.45, 7) is 3.04. The van der Waals surface area contributed by atoms with Crippen molar-refractivity contribution in [3.63, 3.8) is 0 Å². The molecule has 2 aromatic rings. The summed E-state index contributed by atoms with van der Waals surface area (Å²) in [4.78, 5) is 38.9. The lowest BCUT2D eigenvalue weighted by atomic mass is 10.1. The first kappa shape index (κ1) is 23.2. The molecule has 170 valence electrons. The summed E-state index contributed by atoms with van der Waals surface area (Å²) in [7, 11) is 1.57. The Labute approximate surface area is 187 Å². The van der Waals surface area contributed by atoms with Crippen LogP contribution in [-0.2, 0) is 14.3 Å². The van der Waals surface area contributed by atoms with Gasteiger partial charge in [-0.1, -0.05) is 12.1 Å². The molecule has 0 bridgehead atoms. The van der Waals surface area contributed by atoms with Gasteiger partial charge in [0.25, 0.3) is 11.8 Å². The number of methoxy groups -OCH3 is 1. The lowest BCUT2D eigenvalue weighted by Gasteiger charge is -2.27. The topological polar surface area (TPSA) is 109 Å². The first-order valence-electron chi connectivity index (χ1n) is 10.4. The fourth-order valence-corrected chi connectivity index (χ4v) is 3.21. The van der Waals surface area contributed by atoms with E-state index in [-0.39, 0.29) is 24.3 Å². The lowest BCUT2D eigenvalue weighted by molar-refractivity contribution is -0.114. The smallest absolute Gasteiger partial charge is 0.254 e. The van der Waals surface area contributed by atoms with Crippen molar-refractivity contribution in [3.8, 4) is 0 Å². The van der Waals surface area contributed by atoms with Gasteiger partial charge in [-0.2, -0.15) is 0 Å². The van der Waals surface area contributed by atoms with Crippen molar-refractivity contribution in [3.05, 3.63) is 59.7 Å². The second kappa shape index (κ2) is 11.8. The largest absolute Gasteiger partial charge is 0.383 e. The number of ether oxygens (including phenoxy) is 2. The number of anilines is 2. The molecule has 9 nitrogen and oxygen atoms in total. The Morgan fingerprint density at radius 2 is 1.69 bits per heavy atom. The summed E-state index contributed by atoms with van der Waals surface area (Å²) in [5.74, 6) is -0.559. The number of rotatable bonds is 9. The van der Waals surface area contributed by atoms with E-state index in [1.165, 1.54) is 0 Å². The molecule has 1 heterocycles. The second-order valence-electron chi connectivity index (χ2n) is 7.22. The van der Waals surface area contributed by atoms with Gasteiger partial charge >= 0.3 is 0 Å². The van der Waals surface area contributed by atoms with Crippen LogP contribution < -0.4 is 16.0 Å². The molecule has 1 fully saturated rings. The molecule has 1 aliphatic heterocycles. The van der Waals surface area contributed by atoms with Gasteiger partial charge in [0.05, 0.1) is 26.4 Å². The van der Waals surface area contributed by atoms with Gasteiger partial charge in [0, 0.05) is 49.2 Å². The van der Waals surface area contributed by atoms with Crippen LogP contribution in [0.2, 0.25) is 0 Å². The average molecular weight is 441 g/mol. The maximum atomic E-state index is 12.6. The van der Waals surface area contributed by atoms with Gasteiger partial charge in [0.1, 0.15) is 0 Å². The van der Waals surface area contributed by atoms with Crippen molar-refractivity contribution in [1.29, 1.82) is 0 Å². The summed E-state index contributed by atoms with van der Waals surface area (Å²) in [5, 5.41) is 8.56. The number of carbonyl (C=O) groups excluding carboxylic acids is 3. The molecule has 0 spiro atoms. The molecule has 0 aromatic heterocycles. The molecule has 3 amide bonds. The molecule has 0 unspecified atom stereocenters. The lowest BCUT2D eigenvalue weighted by Crippen LogP contribution is -2.40. The summed E-state index contributed by atoms with van der Waals surface area (Å²) >= 11 is 0. The maximum Gasteiger partial charge on any atom is 0.254 e. The molecule has 2 aromatic carbocycles. The highest BCUT2D eigenvalue weighted by Crippen LogP contribution is 2.14. The molecular formula is C23H28N4O5. The number of nitrogens with one attached hydrogen (secondary N) is 3. The first-order chi connectivity index (χ1) is 15.6. The molecule has 9 heteroatoms. The third-order valence-corrected chi connectivity index (χ3v) is 4.86. The summed E-state index contributed by atoms with van der Waals surface area (Å²) in [6, 6.07) is 13.8. The van der Waals surface area contributed by atoms with Gasteiger partial charge in [0.15, 0.2) is 0 Å². The van der Waals surface area contributed by atoms with Crippen molar-refractivity contribution < 1.29 is 23.9 Å². The predicted molar refractivity (Wildman–Crippen MR) is 121 cm³/mol. The number of hydrogen-bond acceptors (Lipinski definition) is 6. The van der Waals surface area contributed by atoms with Crippen molar-refractivity contribution in [2.75, 3.05) is 63.7 Å². The number of amides is 3. The second-order valence-corrected chi connectivity index (χ2v) is 7.22. The molecule has 0 radical (unpaired) electrons. The van der Waals surface area contributed by atoms with Gasteiger partial charge in [0.2, 0.25) is 5.91 Å². The van der Waals surface area contributed by atoms with E-state index in [0.717, 1.165) is 0 Å². The van der Waals surface area contributed by atoms with Crippen LogP contribution in [0.5, 0.6) is 0 Å². The first-order valence-corrected chi connectivity index (χ1v) is 10.4. The molecule has 0 atom stereocenters. The van der Waals surface area contributed by atoms with Crippen LogP contribution in [0.15, 0.2) is 48.5 Å². The molecule has 0 aliphatic carbocycles. The molecule has 3 rings (SSSR count). The van der Waals surface area contributed by atoms with Crippen LogP contribution in [0.25, 0.3) is 0 Å². The van der Waals surface area contributed by atoms with E-state index in [2.05, 4.69) is 16.0 Å². The Kier molecular flexibility index (Phi) is 8.59. The number of nitrogens with zero attached hydrogens (tertiary/aromatic N) is 1. The fourth-order valence-electron chi connectivity index (χ4n) is 3.21. The van der Waals surface area contributed by atoms with Crippen molar-refractivity contribution >= 4 is 29.1 Å². The van der Waals surface area contributed by atoms with Gasteiger partial charge in [-0.3, -0.25) is 14.4 Å². The highest BCUT2D eigenvalue weighted by atomic mass is 16.5. The van der Waals surface area contributed by atoms with E-state index in [1.807, 2.05) is 0 Å². The molecule has 32 heavy (non-hydrogen) atoms. The van der Waals surface area contributed by atoms with Crippen molar-refractivity contribution in [2.45, 2.75) is 0 Å². The van der Waals surface area contributed by atoms with Crippen LogP contribution in [0.4, 0.5) is 11.4 Å². The Balaban J connectivity index is 1.52. The zero-order valence-electron chi connectivity index (χ0n) is 18.1. The quantitative estimate of drug-likeness (QED) is 0.511. The van der Waals surface area contributed by atoms with E-state index in [4.69, 9.17) is 9.47 Å². The van der Waals surface area contributed by atoms with E-state index in [1.54, 1.807) is 60.5 Å². The highest BCUT2D eigenvalue weighted by molar-refractivity contribution is 5.98. The Hall–Kier alpha value is -3.43. The third kappa shape index (κ3) is 6.79. The number of morpholine rings is 1. The van der Waals surface area contributed by atoms with Gasteiger partial charge < -0.3 is 30.3 Å². The van der Waals surface area contributed by atoms with Crippen molar-refractivity contribution in [1.82, 2.24) is 10.2 Å². The minimum atomic E-state index is -0.268. The molecular weight excluding hydrogens is 412 g/mol. The van der Waals surface area contributed by atoms with Crippen LogP contribution in [0, 0.1) is 0 Å². The Morgan fingerprint density at radius 3 is 2.44 bits per heavy atom. The fraction of sp³-hybridized carbons (Fsp3) is 0.348. The standard InChI is InChI=1S/C23H28N4O5/c1-31-11-8-24-22(29)17-4-2-6-19(14-17)25-16-21(28)26-20-7-3-5-18(15-20)23(30)27-9-12-32-13-10-27/h2-7,14-15,25H,8-13,16H2,1H3,(H,24,29)(H,26,28). The number of hydrogen-bond donors (Lipinski definition) is 3. The molecule has 1 aliphatic rings. The maximum absolute atomic E-state index is 12.6. The summed E-state index contributed by atoms with van der Waals surface area (Å²) in [5.41, 5.74) is 2.20. The van der Waals surface area contributed by atoms with E-state index < -0.39 is 0 Å². The summed E-state index contributed by atoms with van der Waals surface area (Å²) < 4.78 is 10.2. The SMILES string of the molecule is COCCNC(=O)c1cccc(NCC(=O)Nc2cccc(C(=O)N3CCOCC3)c2)c1. The Morgan fingerprint density at radius 1 is 1.00 bits per heavy atom. The highest BCUT2D eigenvalue weighted by Gasteiger charge is 2.18. The van der Waals surface area contributed by atoms with Gasteiger partial charge in [-0.15, -0.1) is 0 Å². The predicted octanol–water partition coefficient (Wildman–Crippen LogP) is 1.59. The van der Waals surface area contributed by atoms with Crippen LogP contribution in [0.1, 0.15) is 20.7 Å². The van der Waals surface area contributed by atoms with Crippen LogP contribution in [-0.4, -0.2) is 75.7 Å². The summed E-state index contributed by atoms with van der Waals surface area (Å²) in [6.07, 6.45) is 0. The Bertz CT molecular complexity index is 943. The zero-order valence-corrected chi connectivity index (χ0v) is 18.1. The van der Waals surface area contributed by atoms with Gasteiger partial charge in [-0.05, 0) is 36.4 Å². The van der Waals surface area contributed by atoms with Crippen LogP contribution >= 0.6 is 0 Å². The van der Waals surface area contributed by atoms with Crippen LogP contribution in [0.3, 0.4) is 0 Å². The molecule has 1 saturated heterocycles. The number of benzene rings is 2. The van der Waals surface area contributed by atoms with E-state index >= 15 is 0 Å². The molecule has 3 N–H and O–H groups in total. The normalized spacial score (nSPS) is 13.3. The third-order valence-electron chi connectivity index (χ3n) is 4.86. The number of carbonyl (C=O) groups is 3. The van der Waals surface area contributed by atoms with Gasteiger partial charge in [-0.25, -0.2) is 0 Å². The zero-order chi connectivity index (χ0) is 22.8. The molecule has 0 saturated carbocycles. The van der Waals surface area contributed by atoms with E-state index in [0.29, 0.717) is 62.0 Å². The minimum absolute atomic E-state index is 0.0103. The monoisotopic (exact) mass is 440 g/mol. The van der Waals surface area contributed by atoms with Crippen molar-refractivity contribution in [2.24, 2.45) is 0 Å². The minimum Gasteiger partial charge on any atom is -0.383 e. The van der Waals surface area contributed by atoms with E-state index in [9.17, 15) is 14.4 Å².